The highest BCUT2D eigenvalue weighted by Crippen LogP contribution is 2.21. The third-order valence-electron chi connectivity index (χ3n) is 3.56. The monoisotopic (exact) mass is 412 g/mol. The molecule has 1 unspecified atom stereocenters. The van der Waals surface area contributed by atoms with Gasteiger partial charge in [0.1, 0.15) is 4.47 Å². The number of aromatic nitrogens is 2. The summed E-state index contributed by atoms with van der Waals surface area (Å²) in [4.78, 5) is 12.2. The fourth-order valence-corrected chi connectivity index (χ4v) is 2.92. The molecule has 2 rings (SSSR count). The number of aryl methyl sites for hydroxylation is 1. The van der Waals surface area contributed by atoms with Gasteiger partial charge in [0.2, 0.25) is 0 Å². The topological polar surface area (TPSA) is 34.9 Å². The number of benzene rings is 1. The average molecular weight is 414 g/mol. The van der Waals surface area contributed by atoms with Crippen LogP contribution in [0.25, 0.3) is 0 Å². The Morgan fingerprint density at radius 1 is 1.24 bits per heavy atom. The summed E-state index contributed by atoms with van der Waals surface area (Å²) in [6.07, 6.45) is 5.60. The SMILES string of the molecule is CCC(CCCc1ccccc1)n1ncc(Br)c(Br)c1=O. The van der Waals surface area contributed by atoms with E-state index in [9.17, 15) is 4.79 Å². The van der Waals surface area contributed by atoms with Crippen LogP contribution in [0.5, 0.6) is 0 Å². The molecule has 0 radical (unpaired) electrons. The lowest BCUT2D eigenvalue weighted by Crippen LogP contribution is -2.27. The fraction of sp³-hybridized carbons (Fsp3) is 0.375. The van der Waals surface area contributed by atoms with E-state index in [2.05, 4.69) is 68.1 Å². The van der Waals surface area contributed by atoms with Crippen molar-refractivity contribution in [2.24, 2.45) is 0 Å². The van der Waals surface area contributed by atoms with Gasteiger partial charge in [-0.1, -0.05) is 37.3 Å². The lowest BCUT2D eigenvalue weighted by atomic mass is 10.0. The maximum atomic E-state index is 12.2. The second kappa shape index (κ2) is 7.90. The lowest BCUT2D eigenvalue weighted by molar-refractivity contribution is 0.384. The summed E-state index contributed by atoms with van der Waals surface area (Å²) in [5.41, 5.74) is 1.26. The van der Waals surface area contributed by atoms with E-state index >= 15 is 0 Å². The summed E-state index contributed by atoms with van der Waals surface area (Å²) < 4.78 is 2.83. The van der Waals surface area contributed by atoms with Crippen molar-refractivity contribution in [3.05, 3.63) is 61.4 Å². The molecule has 21 heavy (non-hydrogen) atoms. The van der Waals surface area contributed by atoms with Gasteiger partial charge in [0.15, 0.2) is 0 Å². The van der Waals surface area contributed by atoms with Gasteiger partial charge in [-0.05, 0) is 63.1 Å². The number of nitrogens with zero attached hydrogens (tertiary/aromatic N) is 2. The Kier molecular flexibility index (Phi) is 6.18. The number of halogens is 2. The van der Waals surface area contributed by atoms with E-state index in [1.54, 1.807) is 10.9 Å². The molecule has 1 aromatic heterocycles. The minimum absolute atomic E-state index is 0.0732. The molecule has 0 fully saturated rings. The lowest BCUT2D eigenvalue weighted by Gasteiger charge is -2.17. The first-order chi connectivity index (χ1) is 10.1. The molecule has 0 bridgehead atoms. The number of rotatable bonds is 6. The molecule has 0 saturated heterocycles. The van der Waals surface area contributed by atoms with Crippen molar-refractivity contribution in [3.63, 3.8) is 0 Å². The van der Waals surface area contributed by atoms with Gasteiger partial charge in [0.25, 0.3) is 5.56 Å². The summed E-state index contributed by atoms with van der Waals surface area (Å²) >= 11 is 6.62. The quantitative estimate of drug-likeness (QED) is 0.685. The van der Waals surface area contributed by atoms with Crippen molar-refractivity contribution >= 4 is 31.9 Å². The summed E-state index contributed by atoms with van der Waals surface area (Å²) in [7, 11) is 0. The molecule has 0 amide bonds. The van der Waals surface area contributed by atoms with Crippen LogP contribution in [-0.2, 0) is 6.42 Å². The Labute approximate surface area is 141 Å². The molecule has 0 aliphatic carbocycles. The van der Waals surface area contributed by atoms with E-state index in [0.29, 0.717) is 8.95 Å². The molecular weight excluding hydrogens is 396 g/mol. The van der Waals surface area contributed by atoms with E-state index in [1.165, 1.54) is 5.56 Å². The van der Waals surface area contributed by atoms with Crippen LogP contribution in [0, 0.1) is 0 Å². The van der Waals surface area contributed by atoms with Crippen LogP contribution in [0.1, 0.15) is 37.8 Å². The highest BCUT2D eigenvalue weighted by Gasteiger charge is 2.14. The molecule has 2 aromatic rings. The average Bonchev–Trinajstić information content (AvgIpc) is 2.51. The van der Waals surface area contributed by atoms with Crippen LogP contribution in [0.4, 0.5) is 0 Å². The molecule has 1 aromatic carbocycles. The molecule has 0 N–H and O–H groups in total. The van der Waals surface area contributed by atoms with Crippen LogP contribution in [-0.4, -0.2) is 9.78 Å². The summed E-state index contributed by atoms with van der Waals surface area (Å²) in [5, 5.41) is 4.26. The molecular formula is C16H18Br2N2O. The van der Waals surface area contributed by atoms with Crippen molar-refractivity contribution in [3.8, 4) is 0 Å². The third-order valence-corrected chi connectivity index (χ3v) is 5.46. The Bertz CT molecular complexity index is 640. The van der Waals surface area contributed by atoms with Crippen molar-refractivity contribution < 1.29 is 0 Å². The van der Waals surface area contributed by atoms with Crippen LogP contribution in [0.2, 0.25) is 0 Å². The molecule has 5 heteroatoms. The highest BCUT2D eigenvalue weighted by molar-refractivity contribution is 9.13. The summed E-state index contributed by atoms with van der Waals surface area (Å²) in [6, 6.07) is 10.6. The normalized spacial score (nSPS) is 12.3. The van der Waals surface area contributed by atoms with E-state index in [4.69, 9.17) is 0 Å². The largest absolute Gasteiger partial charge is 0.282 e. The van der Waals surface area contributed by atoms with Gasteiger partial charge in [-0.15, -0.1) is 0 Å². The van der Waals surface area contributed by atoms with Gasteiger partial charge in [-0.3, -0.25) is 4.79 Å². The van der Waals surface area contributed by atoms with Crippen molar-refractivity contribution in [1.29, 1.82) is 0 Å². The van der Waals surface area contributed by atoms with E-state index in [0.717, 1.165) is 25.7 Å². The predicted octanol–water partition coefficient (Wildman–Crippen LogP) is 4.74. The zero-order valence-corrected chi connectivity index (χ0v) is 15.1. The number of hydrogen-bond acceptors (Lipinski definition) is 2. The minimum atomic E-state index is -0.0732. The second-order valence-electron chi connectivity index (χ2n) is 5.00. The Morgan fingerprint density at radius 2 is 1.95 bits per heavy atom. The standard InChI is InChI=1S/C16H18Br2N2O/c1-2-13(10-6-9-12-7-4-3-5-8-12)20-16(21)15(18)14(17)11-19-20/h3-5,7-8,11,13H,2,6,9-10H2,1H3. The molecule has 0 spiro atoms. The van der Waals surface area contributed by atoms with Gasteiger partial charge >= 0.3 is 0 Å². The first-order valence-corrected chi connectivity index (χ1v) is 8.68. The number of hydrogen-bond donors (Lipinski definition) is 0. The van der Waals surface area contributed by atoms with Gasteiger partial charge in [0.05, 0.1) is 16.7 Å². The van der Waals surface area contributed by atoms with Crippen molar-refractivity contribution in [2.75, 3.05) is 0 Å². The van der Waals surface area contributed by atoms with Crippen molar-refractivity contribution in [1.82, 2.24) is 9.78 Å². The van der Waals surface area contributed by atoms with E-state index < -0.39 is 0 Å². The van der Waals surface area contributed by atoms with Gasteiger partial charge in [-0.25, -0.2) is 4.68 Å². The zero-order chi connectivity index (χ0) is 15.2. The van der Waals surface area contributed by atoms with Gasteiger partial charge in [0, 0.05) is 0 Å². The molecule has 1 atom stereocenters. The Hall–Kier alpha value is -0.940. The highest BCUT2D eigenvalue weighted by atomic mass is 79.9. The zero-order valence-electron chi connectivity index (χ0n) is 11.9. The molecule has 3 nitrogen and oxygen atoms in total. The van der Waals surface area contributed by atoms with Crippen LogP contribution in [0.15, 0.2) is 50.3 Å². The smallest absolute Gasteiger partial charge is 0.266 e. The first kappa shape index (κ1) is 16.4. The van der Waals surface area contributed by atoms with E-state index in [1.807, 2.05) is 6.07 Å². The summed E-state index contributed by atoms with van der Waals surface area (Å²) in [6.45, 7) is 2.09. The van der Waals surface area contributed by atoms with Crippen LogP contribution in [0.3, 0.4) is 0 Å². The van der Waals surface area contributed by atoms with Crippen molar-refractivity contribution in [2.45, 2.75) is 38.6 Å². The summed E-state index contributed by atoms with van der Waals surface area (Å²) in [5.74, 6) is 0. The second-order valence-corrected chi connectivity index (χ2v) is 6.64. The molecule has 0 saturated carbocycles. The molecule has 0 aliphatic rings. The molecule has 112 valence electrons. The maximum Gasteiger partial charge on any atom is 0.282 e. The first-order valence-electron chi connectivity index (χ1n) is 7.10. The maximum absolute atomic E-state index is 12.2. The van der Waals surface area contributed by atoms with Crippen LogP contribution >= 0.6 is 31.9 Å². The third kappa shape index (κ3) is 4.27. The predicted molar refractivity (Wildman–Crippen MR) is 92.6 cm³/mol. The fourth-order valence-electron chi connectivity index (χ4n) is 2.37. The minimum Gasteiger partial charge on any atom is -0.266 e. The van der Waals surface area contributed by atoms with Gasteiger partial charge < -0.3 is 0 Å². The Morgan fingerprint density at radius 3 is 2.62 bits per heavy atom. The molecule has 1 heterocycles. The van der Waals surface area contributed by atoms with E-state index in [-0.39, 0.29) is 11.6 Å². The van der Waals surface area contributed by atoms with Crippen LogP contribution < -0.4 is 5.56 Å². The molecule has 0 aliphatic heterocycles. The Balaban J connectivity index is 2.04. The van der Waals surface area contributed by atoms with Gasteiger partial charge in [-0.2, -0.15) is 5.10 Å².